The maximum absolute atomic E-state index is 4.45. The lowest BCUT2D eigenvalue weighted by molar-refractivity contribution is 1.50. The first-order valence-electron chi connectivity index (χ1n) is 5.21. The van der Waals surface area contributed by atoms with Crippen molar-refractivity contribution in [3.63, 3.8) is 0 Å². The maximum atomic E-state index is 4.45. The molecule has 0 amide bonds. The van der Waals surface area contributed by atoms with Crippen molar-refractivity contribution in [3.05, 3.63) is 72.3 Å². The van der Waals surface area contributed by atoms with E-state index in [-0.39, 0.29) is 0 Å². The van der Waals surface area contributed by atoms with Crippen LogP contribution in [0.3, 0.4) is 0 Å². The summed E-state index contributed by atoms with van der Waals surface area (Å²) >= 11 is 0. The topological polar surface area (TPSA) is 12.4 Å². The van der Waals surface area contributed by atoms with E-state index in [2.05, 4.69) is 11.6 Å². The number of hydrogen-bond donors (Lipinski definition) is 0. The van der Waals surface area contributed by atoms with Gasteiger partial charge in [0.15, 0.2) is 0 Å². The second kappa shape index (κ2) is 5.08. The molecule has 1 nitrogen and oxygen atoms in total. The molecule has 0 bridgehead atoms. The minimum Gasteiger partial charge on any atom is -0.256 e. The SMILES string of the molecule is C=Cc1ccccc1/N=C/c1ccccc1. The van der Waals surface area contributed by atoms with Crippen LogP contribution in [0.15, 0.2) is 66.2 Å². The Morgan fingerprint density at radius 3 is 2.31 bits per heavy atom. The Kier molecular flexibility index (Phi) is 3.29. The largest absolute Gasteiger partial charge is 0.256 e. The van der Waals surface area contributed by atoms with E-state index in [1.54, 1.807) is 0 Å². The highest BCUT2D eigenvalue weighted by Gasteiger charge is 1.93. The van der Waals surface area contributed by atoms with Crippen LogP contribution in [0.25, 0.3) is 6.08 Å². The molecule has 78 valence electrons. The third-order valence-corrected chi connectivity index (χ3v) is 2.31. The van der Waals surface area contributed by atoms with Gasteiger partial charge in [-0.25, -0.2) is 0 Å². The quantitative estimate of drug-likeness (QED) is 0.672. The number of hydrogen-bond acceptors (Lipinski definition) is 1. The Balaban J connectivity index is 2.27. The second-order valence-corrected chi connectivity index (χ2v) is 3.43. The first-order chi connectivity index (χ1) is 7.90. The van der Waals surface area contributed by atoms with E-state index in [1.165, 1.54) is 0 Å². The molecule has 0 aromatic heterocycles. The molecule has 0 unspecified atom stereocenters. The van der Waals surface area contributed by atoms with Crippen molar-refractivity contribution in [1.29, 1.82) is 0 Å². The molecule has 0 saturated carbocycles. The highest BCUT2D eigenvalue weighted by atomic mass is 14.7. The fourth-order valence-corrected chi connectivity index (χ4v) is 1.46. The van der Waals surface area contributed by atoms with Crippen LogP contribution in [0.5, 0.6) is 0 Å². The number of para-hydroxylation sites is 1. The number of rotatable bonds is 3. The van der Waals surface area contributed by atoms with Gasteiger partial charge in [-0.1, -0.05) is 61.2 Å². The highest BCUT2D eigenvalue weighted by molar-refractivity contribution is 5.83. The van der Waals surface area contributed by atoms with Gasteiger partial charge in [0.2, 0.25) is 0 Å². The lowest BCUT2D eigenvalue weighted by Gasteiger charge is -1.98. The van der Waals surface area contributed by atoms with Crippen molar-refractivity contribution in [2.45, 2.75) is 0 Å². The zero-order valence-electron chi connectivity index (χ0n) is 9.01. The summed E-state index contributed by atoms with van der Waals surface area (Å²) in [6.07, 6.45) is 3.68. The molecule has 0 aliphatic rings. The summed E-state index contributed by atoms with van der Waals surface area (Å²) in [5.41, 5.74) is 3.09. The van der Waals surface area contributed by atoms with Gasteiger partial charge in [0, 0.05) is 6.21 Å². The lowest BCUT2D eigenvalue weighted by atomic mass is 10.2. The smallest absolute Gasteiger partial charge is 0.0701 e. The van der Waals surface area contributed by atoms with Crippen LogP contribution in [-0.2, 0) is 0 Å². The van der Waals surface area contributed by atoms with Gasteiger partial charge in [0.05, 0.1) is 5.69 Å². The van der Waals surface area contributed by atoms with Crippen LogP contribution in [0.2, 0.25) is 0 Å². The molecule has 16 heavy (non-hydrogen) atoms. The molecule has 2 aromatic rings. The average Bonchev–Trinajstić information content (AvgIpc) is 2.38. The van der Waals surface area contributed by atoms with Gasteiger partial charge in [-0.05, 0) is 17.2 Å². The maximum Gasteiger partial charge on any atom is 0.0701 e. The van der Waals surface area contributed by atoms with Crippen molar-refractivity contribution in [3.8, 4) is 0 Å². The van der Waals surface area contributed by atoms with E-state index in [9.17, 15) is 0 Å². The molecular weight excluding hydrogens is 194 g/mol. The molecule has 0 atom stereocenters. The lowest BCUT2D eigenvalue weighted by Crippen LogP contribution is -1.79. The van der Waals surface area contributed by atoms with E-state index in [1.807, 2.05) is 66.9 Å². The van der Waals surface area contributed by atoms with Crippen LogP contribution < -0.4 is 0 Å². The number of aliphatic imine (C=N–C) groups is 1. The van der Waals surface area contributed by atoms with Gasteiger partial charge in [0.1, 0.15) is 0 Å². The number of nitrogens with zero attached hydrogens (tertiary/aromatic N) is 1. The molecule has 0 radical (unpaired) electrons. The van der Waals surface area contributed by atoms with Crippen LogP contribution in [0, 0.1) is 0 Å². The van der Waals surface area contributed by atoms with Gasteiger partial charge >= 0.3 is 0 Å². The molecule has 1 heteroatoms. The van der Waals surface area contributed by atoms with Crippen LogP contribution >= 0.6 is 0 Å². The Hall–Kier alpha value is -2.15. The van der Waals surface area contributed by atoms with Gasteiger partial charge < -0.3 is 0 Å². The van der Waals surface area contributed by atoms with Gasteiger partial charge in [-0.15, -0.1) is 0 Å². The summed E-state index contributed by atoms with van der Waals surface area (Å²) in [5, 5.41) is 0. The van der Waals surface area contributed by atoms with Gasteiger partial charge in [-0.2, -0.15) is 0 Å². The first-order valence-corrected chi connectivity index (χ1v) is 5.21. The molecule has 0 spiro atoms. The van der Waals surface area contributed by atoms with E-state index < -0.39 is 0 Å². The fourth-order valence-electron chi connectivity index (χ4n) is 1.46. The zero-order valence-corrected chi connectivity index (χ0v) is 9.01. The minimum atomic E-state index is 0.946. The summed E-state index contributed by atoms with van der Waals surface area (Å²) in [7, 11) is 0. The van der Waals surface area contributed by atoms with E-state index in [0.717, 1.165) is 16.8 Å². The Morgan fingerprint density at radius 1 is 0.875 bits per heavy atom. The molecule has 2 rings (SSSR count). The molecule has 0 saturated heterocycles. The highest BCUT2D eigenvalue weighted by Crippen LogP contribution is 2.19. The summed E-state index contributed by atoms with van der Waals surface area (Å²) in [4.78, 5) is 4.45. The normalized spacial score (nSPS) is 10.5. The summed E-state index contributed by atoms with van der Waals surface area (Å²) in [6, 6.07) is 18.0. The molecule has 2 aromatic carbocycles. The molecule has 0 fully saturated rings. The van der Waals surface area contributed by atoms with Crippen molar-refractivity contribution >= 4 is 18.0 Å². The monoisotopic (exact) mass is 207 g/mol. The summed E-state index contributed by atoms with van der Waals surface area (Å²) < 4.78 is 0. The predicted octanol–water partition coefficient (Wildman–Crippen LogP) is 4.08. The third kappa shape index (κ3) is 2.45. The average molecular weight is 207 g/mol. The summed E-state index contributed by atoms with van der Waals surface area (Å²) in [5.74, 6) is 0. The zero-order chi connectivity index (χ0) is 11.2. The standard InChI is InChI=1S/C15H13N/c1-2-14-10-6-7-11-15(14)16-12-13-8-4-3-5-9-13/h2-12H,1H2/b16-12+. The van der Waals surface area contributed by atoms with Gasteiger partial charge in [-0.3, -0.25) is 4.99 Å². The molecule has 0 aliphatic carbocycles. The van der Waals surface area contributed by atoms with Crippen molar-refractivity contribution < 1.29 is 0 Å². The second-order valence-electron chi connectivity index (χ2n) is 3.43. The Morgan fingerprint density at radius 2 is 1.56 bits per heavy atom. The summed E-state index contributed by atoms with van der Waals surface area (Å²) in [6.45, 7) is 3.77. The van der Waals surface area contributed by atoms with Crippen molar-refractivity contribution in [2.75, 3.05) is 0 Å². The van der Waals surface area contributed by atoms with Crippen molar-refractivity contribution in [2.24, 2.45) is 4.99 Å². The molecule has 0 N–H and O–H groups in total. The third-order valence-electron chi connectivity index (χ3n) is 2.31. The first kappa shape index (κ1) is 10.4. The molecule has 0 aliphatic heterocycles. The van der Waals surface area contributed by atoms with Crippen LogP contribution in [0.1, 0.15) is 11.1 Å². The Bertz CT molecular complexity index is 498. The van der Waals surface area contributed by atoms with E-state index in [4.69, 9.17) is 0 Å². The van der Waals surface area contributed by atoms with Crippen molar-refractivity contribution in [1.82, 2.24) is 0 Å². The predicted molar refractivity (Wildman–Crippen MR) is 70.2 cm³/mol. The number of benzene rings is 2. The molecule has 0 heterocycles. The Labute approximate surface area is 95.8 Å². The minimum absolute atomic E-state index is 0.946. The van der Waals surface area contributed by atoms with E-state index in [0.29, 0.717) is 0 Å². The van der Waals surface area contributed by atoms with Gasteiger partial charge in [0.25, 0.3) is 0 Å². The fraction of sp³-hybridized carbons (Fsp3) is 0. The van der Waals surface area contributed by atoms with E-state index >= 15 is 0 Å². The van der Waals surface area contributed by atoms with Crippen LogP contribution in [-0.4, -0.2) is 6.21 Å². The molecular formula is C15H13N. The van der Waals surface area contributed by atoms with Crippen LogP contribution in [0.4, 0.5) is 5.69 Å².